The predicted octanol–water partition coefficient (Wildman–Crippen LogP) is 2.31. The fourth-order valence-corrected chi connectivity index (χ4v) is 5.14. The van der Waals surface area contributed by atoms with Gasteiger partial charge in [-0.3, -0.25) is 9.80 Å². The Morgan fingerprint density at radius 1 is 1.10 bits per heavy atom. The maximum absolute atomic E-state index is 6.30. The van der Waals surface area contributed by atoms with E-state index < -0.39 is 0 Å². The molecule has 0 aromatic rings. The summed E-state index contributed by atoms with van der Waals surface area (Å²) < 4.78 is 0. The van der Waals surface area contributed by atoms with Crippen molar-refractivity contribution in [3.63, 3.8) is 0 Å². The molecule has 0 amide bonds. The van der Waals surface area contributed by atoms with E-state index in [1.54, 1.807) is 0 Å². The highest BCUT2D eigenvalue weighted by Gasteiger charge is 2.46. The molecule has 3 aliphatic rings. The molecule has 0 radical (unpaired) electrons. The van der Waals surface area contributed by atoms with E-state index in [2.05, 4.69) is 23.6 Å². The first-order chi connectivity index (χ1) is 9.65. The van der Waals surface area contributed by atoms with Crippen molar-refractivity contribution in [3.8, 4) is 0 Å². The Labute approximate surface area is 124 Å². The van der Waals surface area contributed by atoms with Crippen LogP contribution in [0, 0.1) is 11.8 Å². The van der Waals surface area contributed by atoms with E-state index >= 15 is 0 Å². The van der Waals surface area contributed by atoms with Crippen LogP contribution >= 0.6 is 0 Å². The highest BCUT2D eigenvalue weighted by atomic mass is 15.3. The zero-order chi connectivity index (χ0) is 14.2. The van der Waals surface area contributed by atoms with Crippen LogP contribution in [0.3, 0.4) is 0 Å². The fourth-order valence-electron chi connectivity index (χ4n) is 5.14. The smallest absolute Gasteiger partial charge is 0.0358 e. The minimum Gasteiger partial charge on any atom is -0.329 e. The van der Waals surface area contributed by atoms with Gasteiger partial charge in [0.25, 0.3) is 0 Å². The van der Waals surface area contributed by atoms with Gasteiger partial charge in [-0.15, -0.1) is 0 Å². The van der Waals surface area contributed by atoms with Crippen molar-refractivity contribution in [2.75, 3.05) is 32.7 Å². The summed E-state index contributed by atoms with van der Waals surface area (Å²) in [6.07, 6.45) is 8.23. The molecule has 0 bridgehead atoms. The van der Waals surface area contributed by atoms with E-state index in [1.165, 1.54) is 64.7 Å². The van der Waals surface area contributed by atoms with Crippen molar-refractivity contribution in [1.29, 1.82) is 0 Å². The maximum Gasteiger partial charge on any atom is 0.0358 e. The molecule has 1 saturated carbocycles. The van der Waals surface area contributed by atoms with Gasteiger partial charge in [0.1, 0.15) is 0 Å². The molecular weight excluding hydrogens is 246 g/mol. The minimum absolute atomic E-state index is 0.307. The van der Waals surface area contributed by atoms with Crippen LogP contribution in [-0.4, -0.2) is 54.1 Å². The van der Waals surface area contributed by atoms with Crippen LogP contribution in [-0.2, 0) is 0 Å². The normalized spacial score (nSPS) is 44.2. The average molecular weight is 279 g/mol. The molecule has 2 N–H and O–H groups in total. The first-order valence-electron chi connectivity index (χ1n) is 8.85. The van der Waals surface area contributed by atoms with Gasteiger partial charge < -0.3 is 5.73 Å². The summed E-state index contributed by atoms with van der Waals surface area (Å²) in [4.78, 5) is 5.52. The number of nitrogens with zero attached hydrogens (tertiary/aromatic N) is 2. The van der Waals surface area contributed by atoms with Gasteiger partial charge in [0.15, 0.2) is 0 Å². The molecule has 2 heterocycles. The quantitative estimate of drug-likeness (QED) is 0.860. The van der Waals surface area contributed by atoms with Gasteiger partial charge in [0.05, 0.1) is 0 Å². The summed E-state index contributed by atoms with van der Waals surface area (Å²) >= 11 is 0. The van der Waals surface area contributed by atoms with Crippen LogP contribution in [0.15, 0.2) is 0 Å². The molecule has 3 rings (SSSR count). The topological polar surface area (TPSA) is 32.5 Å². The number of hydrogen-bond donors (Lipinski definition) is 1. The van der Waals surface area contributed by atoms with Gasteiger partial charge in [0, 0.05) is 31.2 Å². The number of rotatable bonds is 3. The van der Waals surface area contributed by atoms with E-state index in [0.29, 0.717) is 5.54 Å². The number of nitrogens with two attached hydrogens (primary N) is 1. The third-order valence-corrected chi connectivity index (χ3v) is 6.55. The number of hydrogen-bond acceptors (Lipinski definition) is 3. The maximum atomic E-state index is 6.30. The van der Waals surface area contributed by atoms with Crippen molar-refractivity contribution < 1.29 is 0 Å². The molecule has 4 atom stereocenters. The van der Waals surface area contributed by atoms with Gasteiger partial charge in [0.2, 0.25) is 0 Å². The summed E-state index contributed by atoms with van der Waals surface area (Å²) in [6, 6.07) is 0.812. The second kappa shape index (κ2) is 5.94. The molecule has 3 fully saturated rings. The van der Waals surface area contributed by atoms with Gasteiger partial charge in [-0.2, -0.15) is 0 Å². The zero-order valence-corrected chi connectivity index (χ0v) is 13.5. The average Bonchev–Trinajstić information content (AvgIpc) is 3.10. The second-order valence-corrected chi connectivity index (χ2v) is 7.72. The minimum atomic E-state index is 0.307. The van der Waals surface area contributed by atoms with Gasteiger partial charge in [-0.05, 0) is 63.5 Å². The molecule has 0 aromatic carbocycles. The summed E-state index contributed by atoms with van der Waals surface area (Å²) in [5.41, 5.74) is 6.60. The molecule has 4 unspecified atom stereocenters. The highest BCUT2D eigenvalue weighted by Crippen LogP contribution is 2.42. The molecule has 0 aromatic heterocycles. The lowest BCUT2D eigenvalue weighted by Crippen LogP contribution is -2.59. The Morgan fingerprint density at radius 3 is 2.50 bits per heavy atom. The highest BCUT2D eigenvalue weighted by molar-refractivity contribution is 5.03. The standard InChI is InChI=1S/C17H33N3/c1-14-5-7-17(13-18,15(2)11-14)20-10-6-16(12-20)19-8-3-4-9-19/h14-16H,3-13,18H2,1-2H3. The first kappa shape index (κ1) is 14.8. The van der Waals surface area contributed by atoms with Crippen molar-refractivity contribution in [1.82, 2.24) is 9.80 Å². The van der Waals surface area contributed by atoms with Gasteiger partial charge in [-0.25, -0.2) is 0 Å². The van der Waals surface area contributed by atoms with Crippen LogP contribution in [0.5, 0.6) is 0 Å². The molecule has 2 aliphatic heterocycles. The Bertz CT molecular complexity index is 326. The molecule has 116 valence electrons. The van der Waals surface area contributed by atoms with Crippen LogP contribution in [0.4, 0.5) is 0 Å². The van der Waals surface area contributed by atoms with E-state index in [1.807, 2.05) is 0 Å². The lowest BCUT2D eigenvalue weighted by Gasteiger charge is -2.50. The van der Waals surface area contributed by atoms with E-state index in [4.69, 9.17) is 5.73 Å². The van der Waals surface area contributed by atoms with Crippen molar-refractivity contribution >= 4 is 0 Å². The van der Waals surface area contributed by atoms with Gasteiger partial charge >= 0.3 is 0 Å². The van der Waals surface area contributed by atoms with Crippen LogP contribution < -0.4 is 5.73 Å². The third-order valence-electron chi connectivity index (χ3n) is 6.55. The Morgan fingerprint density at radius 2 is 1.85 bits per heavy atom. The Kier molecular flexibility index (Phi) is 4.40. The van der Waals surface area contributed by atoms with Crippen LogP contribution in [0.25, 0.3) is 0 Å². The molecule has 0 spiro atoms. The monoisotopic (exact) mass is 279 g/mol. The molecular formula is C17H33N3. The lowest BCUT2D eigenvalue weighted by molar-refractivity contribution is 0.0119. The summed E-state index contributed by atoms with van der Waals surface area (Å²) in [7, 11) is 0. The van der Waals surface area contributed by atoms with Crippen molar-refractivity contribution in [2.24, 2.45) is 17.6 Å². The molecule has 20 heavy (non-hydrogen) atoms. The fraction of sp³-hybridized carbons (Fsp3) is 1.00. The lowest BCUT2D eigenvalue weighted by atomic mass is 9.69. The third kappa shape index (κ3) is 2.53. The van der Waals surface area contributed by atoms with Crippen LogP contribution in [0.2, 0.25) is 0 Å². The van der Waals surface area contributed by atoms with Crippen molar-refractivity contribution in [2.45, 2.75) is 64.0 Å². The Balaban J connectivity index is 1.67. The zero-order valence-electron chi connectivity index (χ0n) is 13.5. The predicted molar refractivity (Wildman–Crippen MR) is 84.7 cm³/mol. The van der Waals surface area contributed by atoms with Crippen molar-refractivity contribution in [3.05, 3.63) is 0 Å². The molecule has 3 heteroatoms. The molecule has 3 nitrogen and oxygen atoms in total. The summed E-state index contributed by atoms with van der Waals surface area (Å²) in [5, 5.41) is 0. The molecule has 2 saturated heterocycles. The van der Waals surface area contributed by atoms with E-state index in [0.717, 1.165) is 24.4 Å². The summed E-state index contributed by atoms with van der Waals surface area (Å²) in [6.45, 7) is 10.9. The molecule has 1 aliphatic carbocycles. The number of likely N-dealkylation sites (tertiary alicyclic amines) is 2. The van der Waals surface area contributed by atoms with E-state index in [-0.39, 0.29) is 0 Å². The Hall–Kier alpha value is -0.120. The SMILES string of the molecule is CC1CCC(CN)(N2CCC(N3CCCC3)C2)C(C)C1. The summed E-state index contributed by atoms with van der Waals surface area (Å²) in [5.74, 6) is 1.65. The van der Waals surface area contributed by atoms with E-state index in [9.17, 15) is 0 Å². The second-order valence-electron chi connectivity index (χ2n) is 7.72. The largest absolute Gasteiger partial charge is 0.329 e. The van der Waals surface area contributed by atoms with Crippen LogP contribution in [0.1, 0.15) is 52.4 Å². The first-order valence-corrected chi connectivity index (χ1v) is 8.85. The van der Waals surface area contributed by atoms with Gasteiger partial charge in [-0.1, -0.05) is 13.8 Å².